The van der Waals surface area contributed by atoms with Gasteiger partial charge in [-0.1, -0.05) is 0 Å². The monoisotopic (exact) mass is 274 g/mol. The van der Waals surface area contributed by atoms with Crippen LogP contribution in [0.2, 0.25) is 0 Å². The first kappa shape index (κ1) is 13.1. The van der Waals surface area contributed by atoms with Crippen LogP contribution in [0.1, 0.15) is 0 Å². The third-order valence-electron chi connectivity index (χ3n) is 2.07. The molecule has 3 rings (SSSR count). The Hall–Kier alpha value is -3.30. The normalized spacial score (nSPS) is 9.60. The average molecular weight is 274 g/mol. The van der Waals surface area contributed by atoms with Gasteiger partial charge < -0.3 is 10.7 Å². The van der Waals surface area contributed by atoms with Crippen LogP contribution >= 0.6 is 0 Å². The zero-order valence-corrected chi connectivity index (χ0v) is 10.1. The van der Waals surface area contributed by atoms with Crippen molar-refractivity contribution >= 4 is 29.5 Å². The Labute approximate surface area is 111 Å². The van der Waals surface area contributed by atoms with E-state index >= 15 is 0 Å². The third kappa shape index (κ3) is 3.13. The number of amides is 1. The van der Waals surface area contributed by atoms with Crippen molar-refractivity contribution in [1.82, 2.24) is 29.9 Å². The fourth-order valence-electron chi connectivity index (χ4n) is 1.29. The molecule has 0 spiro atoms. The van der Waals surface area contributed by atoms with Crippen molar-refractivity contribution < 1.29 is 4.79 Å². The highest BCUT2D eigenvalue weighted by Gasteiger charge is 2.01. The van der Waals surface area contributed by atoms with Crippen molar-refractivity contribution in [2.75, 3.05) is 11.1 Å². The summed E-state index contributed by atoms with van der Waals surface area (Å²) in [6, 6.07) is 1.68. The molecule has 0 aliphatic rings. The number of imidazole rings is 1. The molecule has 0 atom stereocenters. The fraction of sp³-hybridized carbons (Fsp3) is 0. The van der Waals surface area contributed by atoms with E-state index in [1.807, 2.05) is 0 Å². The summed E-state index contributed by atoms with van der Waals surface area (Å²) in [5.41, 5.74) is 5.65. The minimum absolute atomic E-state index is 0.0783. The number of hydrogen-bond donors (Lipinski definition) is 4. The van der Waals surface area contributed by atoms with Gasteiger partial charge in [0, 0.05) is 12.4 Å². The smallest absolute Gasteiger partial charge is 0.278 e. The lowest BCUT2D eigenvalue weighted by Gasteiger charge is -1.90. The van der Waals surface area contributed by atoms with Gasteiger partial charge in [-0.2, -0.15) is 4.98 Å². The lowest BCUT2D eigenvalue weighted by atomic mass is 10.5. The van der Waals surface area contributed by atoms with Crippen molar-refractivity contribution in [2.45, 2.75) is 0 Å². The Morgan fingerprint density at radius 3 is 2.70 bits per heavy atom. The second kappa shape index (κ2) is 6.04. The maximum Gasteiger partial charge on any atom is 0.278 e. The number of nitrogens with one attached hydrogen (secondary N) is 3. The molecule has 0 bridgehead atoms. The SMILES string of the molecule is Nc1nc2nc[nH]c2c(=O)[nH]1.O=CNc1ncccn1. The van der Waals surface area contributed by atoms with Crippen LogP contribution in [0.3, 0.4) is 0 Å². The van der Waals surface area contributed by atoms with Gasteiger partial charge in [0.1, 0.15) is 0 Å². The molecule has 102 valence electrons. The average Bonchev–Trinajstić information content (AvgIpc) is 2.89. The van der Waals surface area contributed by atoms with Gasteiger partial charge >= 0.3 is 0 Å². The summed E-state index contributed by atoms with van der Waals surface area (Å²) >= 11 is 0. The number of rotatable bonds is 2. The van der Waals surface area contributed by atoms with Crippen LogP contribution in [0, 0.1) is 0 Å². The molecule has 0 saturated heterocycles. The van der Waals surface area contributed by atoms with E-state index in [0.717, 1.165) is 0 Å². The highest BCUT2D eigenvalue weighted by atomic mass is 16.1. The number of nitrogens with zero attached hydrogens (tertiary/aromatic N) is 4. The van der Waals surface area contributed by atoms with Gasteiger partial charge in [0.15, 0.2) is 11.2 Å². The summed E-state index contributed by atoms with van der Waals surface area (Å²) < 4.78 is 0. The number of H-pyrrole nitrogens is 2. The van der Waals surface area contributed by atoms with Gasteiger partial charge in [-0.15, -0.1) is 0 Å². The molecule has 0 aromatic carbocycles. The largest absolute Gasteiger partial charge is 0.369 e. The number of aromatic amines is 2. The summed E-state index contributed by atoms with van der Waals surface area (Å²) in [5.74, 6) is 0.405. The first-order chi connectivity index (χ1) is 9.70. The van der Waals surface area contributed by atoms with Crippen LogP contribution in [-0.2, 0) is 4.79 Å². The summed E-state index contributed by atoms with van der Waals surface area (Å²) in [4.78, 5) is 40.8. The predicted octanol–water partition coefficient (Wildman–Crippen LogP) is -0.727. The number of nitrogens with two attached hydrogens (primary N) is 1. The lowest BCUT2D eigenvalue weighted by molar-refractivity contribution is -0.105. The topological polar surface area (TPSA) is 155 Å². The van der Waals surface area contributed by atoms with Crippen LogP contribution in [-0.4, -0.2) is 36.3 Å². The Balaban J connectivity index is 0.000000151. The fourth-order valence-corrected chi connectivity index (χ4v) is 1.29. The zero-order valence-electron chi connectivity index (χ0n) is 10.1. The molecule has 10 nitrogen and oxygen atoms in total. The van der Waals surface area contributed by atoms with Crippen LogP contribution in [0.25, 0.3) is 11.2 Å². The number of aromatic nitrogens is 6. The molecule has 10 heteroatoms. The Morgan fingerprint density at radius 2 is 2.00 bits per heavy atom. The van der Waals surface area contributed by atoms with E-state index in [1.165, 1.54) is 6.33 Å². The standard InChI is InChI=1S/C5H5N5O.C5H5N3O/c6-5-9-3-2(4(11)10-5)7-1-8-3;9-4-8-5-6-2-1-3-7-5/h1H,(H4,6,7,8,9,10,11);1-4H,(H,6,7,8,9). The Bertz CT molecular complexity index is 751. The van der Waals surface area contributed by atoms with Crippen LogP contribution in [0.15, 0.2) is 29.6 Å². The number of fused-ring (bicyclic) bond motifs is 1. The van der Waals surface area contributed by atoms with E-state index in [1.54, 1.807) is 18.5 Å². The van der Waals surface area contributed by atoms with Gasteiger partial charge in [0.25, 0.3) is 5.56 Å². The van der Waals surface area contributed by atoms with E-state index in [-0.39, 0.29) is 11.5 Å². The summed E-state index contributed by atoms with van der Waals surface area (Å²) in [6.45, 7) is 0. The molecule has 20 heavy (non-hydrogen) atoms. The summed E-state index contributed by atoms with van der Waals surface area (Å²) in [6.07, 6.45) is 5.04. The number of carbonyl (C=O) groups excluding carboxylic acids is 1. The van der Waals surface area contributed by atoms with Crippen molar-refractivity contribution in [2.24, 2.45) is 0 Å². The highest BCUT2D eigenvalue weighted by Crippen LogP contribution is 1.98. The summed E-state index contributed by atoms with van der Waals surface area (Å²) in [7, 11) is 0. The second-order valence-electron chi connectivity index (χ2n) is 3.39. The lowest BCUT2D eigenvalue weighted by Crippen LogP contribution is -2.10. The number of anilines is 2. The van der Waals surface area contributed by atoms with Crippen molar-refractivity contribution in [3.63, 3.8) is 0 Å². The second-order valence-corrected chi connectivity index (χ2v) is 3.39. The summed E-state index contributed by atoms with van der Waals surface area (Å²) in [5, 5.41) is 2.30. The molecule has 3 aromatic rings. The van der Waals surface area contributed by atoms with E-state index in [4.69, 9.17) is 5.73 Å². The van der Waals surface area contributed by atoms with Crippen LogP contribution < -0.4 is 16.6 Å². The third-order valence-corrected chi connectivity index (χ3v) is 2.07. The number of hydrogen-bond acceptors (Lipinski definition) is 7. The molecular weight excluding hydrogens is 264 g/mol. The van der Waals surface area contributed by atoms with Crippen LogP contribution in [0.4, 0.5) is 11.9 Å². The molecule has 3 aromatic heterocycles. The maximum atomic E-state index is 11.0. The molecule has 0 saturated carbocycles. The Kier molecular flexibility index (Phi) is 3.97. The minimum atomic E-state index is -0.301. The van der Waals surface area contributed by atoms with E-state index in [0.29, 0.717) is 23.5 Å². The molecule has 0 aliphatic heterocycles. The zero-order chi connectivity index (χ0) is 14.4. The van der Waals surface area contributed by atoms with E-state index in [2.05, 4.69) is 35.2 Å². The predicted molar refractivity (Wildman–Crippen MR) is 70.6 cm³/mol. The Morgan fingerprint density at radius 1 is 1.25 bits per heavy atom. The molecule has 0 aliphatic carbocycles. The molecular formula is C10H10N8O2. The molecule has 0 fully saturated rings. The first-order valence-electron chi connectivity index (χ1n) is 5.37. The van der Waals surface area contributed by atoms with Gasteiger partial charge in [-0.05, 0) is 6.07 Å². The maximum absolute atomic E-state index is 11.0. The molecule has 0 radical (unpaired) electrons. The quantitative estimate of drug-likeness (QED) is 0.449. The molecule has 1 amide bonds. The van der Waals surface area contributed by atoms with Gasteiger partial charge in [0.2, 0.25) is 18.3 Å². The number of nitrogen functional groups attached to an aromatic ring is 1. The van der Waals surface area contributed by atoms with Gasteiger partial charge in [-0.25, -0.2) is 15.0 Å². The van der Waals surface area contributed by atoms with Crippen molar-refractivity contribution in [3.8, 4) is 0 Å². The van der Waals surface area contributed by atoms with Crippen LogP contribution in [0.5, 0.6) is 0 Å². The van der Waals surface area contributed by atoms with Gasteiger partial charge in [0.05, 0.1) is 6.33 Å². The van der Waals surface area contributed by atoms with Gasteiger partial charge in [-0.3, -0.25) is 19.9 Å². The van der Waals surface area contributed by atoms with E-state index < -0.39 is 0 Å². The van der Waals surface area contributed by atoms with Crippen molar-refractivity contribution in [3.05, 3.63) is 35.1 Å². The first-order valence-corrected chi connectivity index (χ1v) is 5.37. The minimum Gasteiger partial charge on any atom is -0.369 e. The molecule has 5 N–H and O–H groups in total. The molecule has 0 unspecified atom stereocenters. The van der Waals surface area contributed by atoms with Crippen molar-refractivity contribution in [1.29, 1.82) is 0 Å². The molecule has 3 heterocycles. The highest BCUT2D eigenvalue weighted by molar-refractivity contribution is 5.69. The number of carbonyl (C=O) groups is 1. The van der Waals surface area contributed by atoms with E-state index in [9.17, 15) is 9.59 Å².